The normalized spacial score (nSPS) is 16.9. The van der Waals surface area contributed by atoms with Crippen LogP contribution in [0.25, 0.3) is 11.0 Å². The summed E-state index contributed by atoms with van der Waals surface area (Å²) in [4.78, 5) is 9.06. The van der Waals surface area contributed by atoms with Gasteiger partial charge in [0, 0.05) is 18.8 Å². The van der Waals surface area contributed by atoms with Crippen molar-refractivity contribution in [1.29, 1.82) is 0 Å². The van der Waals surface area contributed by atoms with Crippen LogP contribution in [0.4, 0.5) is 17.5 Å². The number of hydrogen-bond donors (Lipinski definition) is 3. The number of aromatic nitrogens is 4. The lowest BCUT2D eigenvalue weighted by atomic mass is 10.2. The molecule has 3 heterocycles. The van der Waals surface area contributed by atoms with Gasteiger partial charge in [0.1, 0.15) is 11.6 Å². The third kappa shape index (κ3) is 3.48. The first-order valence-corrected chi connectivity index (χ1v) is 8.29. The number of benzene rings is 1. The first kappa shape index (κ1) is 15.6. The Morgan fingerprint density at radius 1 is 1.28 bits per heavy atom. The molecular formula is C17H20N6O2. The molecule has 4 rings (SSSR count). The topological polar surface area (TPSA) is 97.0 Å². The highest BCUT2D eigenvalue weighted by Crippen LogP contribution is 2.25. The molecule has 1 aliphatic rings. The van der Waals surface area contributed by atoms with E-state index >= 15 is 0 Å². The van der Waals surface area contributed by atoms with E-state index in [1.807, 2.05) is 24.3 Å². The summed E-state index contributed by atoms with van der Waals surface area (Å²) in [6, 6.07) is 7.66. The maximum atomic E-state index is 5.63. The molecule has 0 spiro atoms. The standard InChI is InChI=1S/C17H20N6O2/c1-24-12-6-4-11(5-7-12)20-15-14-10-19-23-16(14)22-17(21-15)18-9-13-3-2-8-25-13/h4-7,10,13H,2-3,8-9H2,1H3,(H3,18,19,20,21,22,23)/t13-/m0/s1. The van der Waals surface area contributed by atoms with Crippen molar-refractivity contribution < 1.29 is 9.47 Å². The van der Waals surface area contributed by atoms with Crippen LogP contribution in [0.2, 0.25) is 0 Å². The van der Waals surface area contributed by atoms with E-state index in [1.54, 1.807) is 13.3 Å². The van der Waals surface area contributed by atoms with Crippen LogP contribution in [-0.2, 0) is 4.74 Å². The van der Waals surface area contributed by atoms with Gasteiger partial charge in [0.05, 0.1) is 24.8 Å². The summed E-state index contributed by atoms with van der Waals surface area (Å²) in [7, 11) is 1.65. The summed E-state index contributed by atoms with van der Waals surface area (Å²) in [6.07, 6.45) is 4.11. The molecule has 0 amide bonds. The number of rotatable bonds is 6. The molecule has 8 heteroatoms. The second kappa shape index (κ2) is 6.94. The quantitative estimate of drug-likeness (QED) is 0.635. The highest BCUT2D eigenvalue weighted by atomic mass is 16.5. The number of anilines is 3. The molecule has 0 aliphatic carbocycles. The Kier molecular flexibility index (Phi) is 4.34. The predicted octanol–water partition coefficient (Wildman–Crippen LogP) is 2.70. The molecule has 8 nitrogen and oxygen atoms in total. The SMILES string of the molecule is COc1ccc(Nc2nc(NC[C@@H]3CCCO3)nc3[nH]ncc23)cc1. The summed E-state index contributed by atoms with van der Waals surface area (Å²) >= 11 is 0. The monoisotopic (exact) mass is 340 g/mol. The summed E-state index contributed by atoms with van der Waals surface area (Å²) < 4.78 is 10.8. The van der Waals surface area contributed by atoms with E-state index in [1.165, 1.54) is 0 Å². The van der Waals surface area contributed by atoms with Crippen LogP contribution in [0.15, 0.2) is 30.5 Å². The first-order valence-electron chi connectivity index (χ1n) is 8.29. The van der Waals surface area contributed by atoms with Crippen LogP contribution in [-0.4, -0.2) is 46.5 Å². The molecule has 1 atom stereocenters. The summed E-state index contributed by atoms with van der Waals surface area (Å²) in [5, 5.41) is 14.4. The van der Waals surface area contributed by atoms with Crippen LogP contribution in [0.5, 0.6) is 5.75 Å². The third-order valence-electron chi connectivity index (χ3n) is 4.17. The molecule has 0 unspecified atom stereocenters. The van der Waals surface area contributed by atoms with Crippen molar-refractivity contribution in [3.05, 3.63) is 30.5 Å². The third-order valence-corrected chi connectivity index (χ3v) is 4.17. The minimum absolute atomic E-state index is 0.221. The zero-order valence-electron chi connectivity index (χ0n) is 14.0. The lowest BCUT2D eigenvalue weighted by Gasteiger charge is -2.12. The first-order chi connectivity index (χ1) is 12.3. The van der Waals surface area contributed by atoms with Crippen molar-refractivity contribution in [3.8, 4) is 5.75 Å². The van der Waals surface area contributed by atoms with E-state index in [0.717, 1.165) is 36.3 Å². The zero-order chi connectivity index (χ0) is 17.1. The Labute approximate surface area is 145 Å². The maximum absolute atomic E-state index is 5.63. The molecule has 2 aromatic heterocycles. The highest BCUT2D eigenvalue weighted by molar-refractivity contribution is 5.89. The number of methoxy groups -OCH3 is 1. The second-order valence-electron chi connectivity index (χ2n) is 5.90. The van der Waals surface area contributed by atoms with Crippen LogP contribution in [0, 0.1) is 0 Å². The number of nitrogens with zero attached hydrogens (tertiary/aromatic N) is 3. The largest absolute Gasteiger partial charge is 0.497 e. The molecule has 1 aromatic carbocycles. The van der Waals surface area contributed by atoms with Gasteiger partial charge in [-0.15, -0.1) is 0 Å². The summed E-state index contributed by atoms with van der Waals surface area (Å²) in [5.74, 6) is 2.04. The average molecular weight is 340 g/mol. The Morgan fingerprint density at radius 3 is 2.92 bits per heavy atom. The fourth-order valence-corrected chi connectivity index (χ4v) is 2.83. The van der Waals surface area contributed by atoms with Gasteiger partial charge in [0.2, 0.25) is 5.95 Å². The molecule has 1 fully saturated rings. The summed E-state index contributed by atoms with van der Waals surface area (Å²) in [5.41, 5.74) is 1.59. The van der Waals surface area contributed by atoms with Gasteiger partial charge in [-0.1, -0.05) is 0 Å². The molecular weight excluding hydrogens is 320 g/mol. The molecule has 1 saturated heterocycles. The molecule has 130 valence electrons. The van der Waals surface area contributed by atoms with Gasteiger partial charge in [-0.2, -0.15) is 15.1 Å². The van der Waals surface area contributed by atoms with Gasteiger partial charge in [0.15, 0.2) is 5.65 Å². The van der Waals surface area contributed by atoms with E-state index in [9.17, 15) is 0 Å². The van der Waals surface area contributed by atoms with Crippen molar-refractivity contribution in [2.24, 2.45) is 0 Å². The van der Waals surface area contributed by atoms with Gasteiger partial charge in [0.25, 0.3) is 0 Å². The number of fused-ring (bicyclic) bond motifs is 1. The molecule has 0 bridgehead atoms. The lowest BCUT2D eigenvalue weighted by Crippen LogP contribution is -2.19. The Bertz CT molecular complexity index is 842. The van der Waals surface area contributed by atoms with E-state index in [2.05, 4.69) is 30.8 Å². The minimum Gasteiger partial charge on any atom is -0.497 e. The van der Waals surface area contributed by atoms with E-state index in [4.69, 9.17) is 9.47 Å². The highest BCUT2D eigenvalue weighted by Gasteiger charge is 2.16. The summed E-state index contributed by atoms with van der Waals surface area (Å²) in [6.45, 7) is 1.53. The second-order valence-corrected chi connectivity index (χ2v) is 5.90. The van der Waals surface area contributed by atoms with Crippen molar-refractivity contribution >= 4 is 28.5 Å². The van der Waals surface area contributed by atoms with E-state index in [0.29, 0.717) is 24.0 Å². The van der Waals surface area contributed by atoms with E-state index in [-0.39, 0.29) is 6.10 Å². The average Bonchev–Trinajstić information content (AvgIpc) is 3.32. The molecule has 1 aliphatic heterocycles. The van der Waals surface area contributed by atoms with Gasteiger partial charge >= 0.3 is 0 Å². The Morgan fingerprint density at radius 2 is 2.16 bits per heavy atom. The number of ether oxygens (including phenoxy) is 2. The van der Waals surface area contributed by atoms with Gasteiger partial charge in [-0.05, 0) is 37.1 Å². The Hall–Kier alpha value is -2.87. The smallest absolute Gasteiger partial charge is 0.226 e. The predicted molar refractivity (Wildman–Crippen MR) is 95.4 cm³/mol. The molecule has 3 aromatic rings. The van der Waals surface area contributed by atoms with Crippen molar-refractivity contribution in [3.63, 3.8) is 0 Å². The number of aromatic amines is 1. The number of H-pyrrole nitrogens is 1. The molecule has 0 radical (unpaired) electrons. The van der Waals surface area contributed by atoms with Crippen LogP contribution in [0.3, 0.4) is 0 Å². The van der Waals surface area contributed by atoms with Crippen LogP contribution < -0.4 is 15.4 Å². The fraction of sp³-hybridized carbons (Fsp3) is 0.353. The lowest BCUT2D eigenvalue weighted by molar-refractivity contribution is 0.120. The van der Waals surface area contributed by atoms with Gasteiger partial charge < -0.3 is 20.1 Å². The minimum atomic E-state index is 0.221. The van der Waals surface area contributed by atoms with Crippen molar-refractivity contribution in [1.82, 2.24) is 20.2 Å². The van der Waals surface area contributed by atoms with Crippen molar-refractivity contribution in [2.45, 2.75) is 18.9 Å². The van der Waals surface area contributed by atoms with Crippen LogP contribution in [0.1, 0.15) is 12.8 Å². The Balaban J connectivity index is 1.56. The van der Waals surface area contributed by atoms with Gasteiger partial charge in [-0.3, -0.25) is 5.10 Å². The van der Waals surface area contributed by atoms with Crippen LogP contribution >= 0.6 is 0 Å². The molecule has 25 heavy (non-hydrogen) atoms. The zero-order valence-corrected chi connectivity index (χ0v) is 14.0. The van der Waals surface area contributed by atoms with E-state index < -0.39 is 0 Å². The number of hydrogen-bond acceptors (Lipinski definition) is 7. The van der Waals surface area contributed by atoms with Gasteiger partial charge in [-0.25, -0.2) is 0 Å². The molecule has 0 saturated carbocycles. The maximum Gasteiger partial charge on any atom is 0.226 e. The molecule has 3 N–H and O–H groups in total. The number of nitrogens with one attached hydrogen (secondary N) is 3. The van der Waals surface area contributed by atoms with Crippen molar-refractivity contribution in [2.75, 3.05) is 30.9 Å². The fourth-order valence-electron chi connectivity index (χ4n) is 2.83.